The zero-order chi connectivity index (χ0) is 21.4. The molecule has 1 aliphatic heterocycles. The summed E-state index contributed by atoms with van der Waals surface area (Å²) in [6, 6.07) is 9.17. The van der Waals surface area contributed by atoms with Gasteiger partial charge in [-0.15, -0.1) is 11.3 Å². The van der Waals surface area contributed by atoms with Crippen LogP contribution in [0.2, 0.25) is 5.02 Å². The van der Waals surface area contributed by atoms with E-state index >= 15 is 0 Å². The maximum absolute atomic E-state index is 12.9. The van der Waals surface area contributed by atoms with Crippen molar-refractivity contribution in [2.75, 3.05) is 6.54 Å². The van der Waals surface area contributed by atoms with Crippen LogP contribution in [0.4, 0.5) is 0 Å². The molecule has 5 rings (SSSR count). The van der Waals surface area contributed by atoms with Crippen LogP contribution in [0.15, 0.2) is 30.3 Å². The van der Waals surface area contributed by atoms with Crippen molar-refractivity contribution >= 4 is 45.7 Å². The lowest BCUT2D eigenvalue weighted by molar-refractivity contribution is 0.0862. The Balaban J connectivity index is 1.28. The number of thiophene rings is 1. The van der Waals surface area contributed by atoms with Gasteiger partial charge in [-0.05, 0) is 55.2 Å². The SMILES string of the molecule is O=C(NC1CCCCC1NC(=O)c1cc2c(s1)CCNC2)c1cc2cc(Cl)ccc2[nH]1. The van der Waals surface area contributed by atoms with E-state index in [-0.39, 0.29) is 23.9 Å². The molecule has 162 valence electrons. The first kappa shape index (κ1) is 20.5. The number of hydrogen-bond donors (Lipinski definition) is 4. The van der Waals surface area contributed by atoms with E-state index < -0.39 is 0 Å². The zero-order valence-corrected chi connectivity index (χ0v) is 18.7. The summed E-state index contributed by atoms with van der Waals surface area (Å²) in [5, 5.41) is 11.2. The fourth-order valence-electron chi connectivity index (χ4n) is 4.55. The highest BCUT2D eigenvalue weighted by atomic mass is 35.5. The van der Waals surface area contributed by atoms with E-state index in [2.05, 4.69) is 20.9 Å². The van der Waals surface area contributed by atoms with Crippen molar-refractivity contribution in [3.63, 3.8) is 0 Å². The Morgan fingerprint density at radius 2 is 1.81 bits per heavy atom. The number of halogens is 1. The molecular formula is C23H25ClN4O2S. The van der Waals surface area contributed by atoms with E-state index in [4.69, 9.17) is 11.6 Å². The maximum atomic E-state index is 12.9. The molecule has 1 aromatic carbocycles. The third-order valence-corrected chi connectivity index (χ3v) is 7.66. The predicted molar refractivity (Wildman–Crippen MR) is 124 cm³/mol. The minimum atomic E-state index is -0.156. The standard InChI is InChI=1S/C23H25ClN4O2S/c24-15-5-6-16-13(9-15)10-19(26-16)22(29)27-17-3-1-2-4-18(17)28-23(30)21-11-14-12-25-8-7-20(14)31-21/h5-6,9-11,17-18,25-26H,1-4,7-8,12H2,(H,27,29)(H,28,30). The van der Waals surface area contributed by atoms with Crippen molar-refractivity contribution in [2.24, 2.45) is 0 Å². The molecule has 1 saturated carbocycles. The molecular weight excluding hydrogens is 432 g/mol. The van der Waals surface area contributed by atoms with Gasteiger partial charge in [-0.1, -0.05) is 24.4 Å². The number of carbonyl (C=O) groups is 2. The van der Waals surface area contributed by atoms with Gasteiger partial charge in [0.2, 0.25) is 0 Å². The lowest BCUT2D eigenvalue weighted by atomic mass is 9.90. The second kappa shape index (κ2) is 8.65. The minimum absolute atomic E-state index is 0.0363. The van der Waals surface area contributed by atoms with Gasteiger partial charge in [0.15, 0.2) is 0 Å². The number of carbonyl (C=O) groups excluding carboxylic acids is 2. The van der Waals surface area contributed by atoms with Gasteiger partial charge in [0.1, 0.15) is 5.69 Å². The van der Waals surface area contributed by atoms with E-state index in [1.54, 1.807) is 17.4 Å². The Morgan fingerprint density at radius 3 is 2.58 bits per heavy atom. The Morgan fingerprint density at radius 1 is 1.03 bits per heavy atom. The van der Waals surface area contributed by atoms with Gasteiger partial charge < -0.3 is 20.9 Å². The van der Waals surface area contributed by atoms with Gasteiger partial charge in [-0.25, -0.2) is 0 Å². The van der Waals surface area contributed by atoms with Crippen LogP contribution in [0.3, 0.4) is 0 Å². The van der Waals surface area contributed by atoms with E-state index in [1.807, 2.05) is 24.3 Å². The molecule has 2 aromatic heterocycles. The van der Waals surface area contributed by atoms with Crippen LogP contribution in [-0.2, 0) is 13.0 Å². The number of aromatic amines is 1. The maximum Gasteiger partial charge on any atom is 0.268 e. The molecule has 1 aliphatic carbocycles. The van der Waals surface area contributed by atoms with Crippen molar-refractivity contribution in [1.82, 2.24) is 20.9 Å². The Labute approximate surface area is 189 Å². The molecule has 0 radical (unpaired) electrons. The van der Waals surface area contributed by atoms with E-state index in [9.17, 15) is 9.59 Å². The summed E-state index contributed by atoms with van der Waals surface area (Å²) in [6.07, 6.45) is 4.79. The lowest BCUT2D eigenvalue weighted by Gasteiger charge is -2.32. The topological polar surface area (TPSA) is 86.0 Å². The predicted octanol–water partition coefficient (Wildman–Crippen LogP) is 4.00. The molecule has 3 aromatic rings. The normalized spacial score (nSPS) is 20.9. The van der Waals surface area contributed by atoms with Gasteiger partial charge >= 0.3 is 0 Å². The largest absolute Gasteiger partial charge is 0.351 e. The van der Waals surface area contributed by atoms with E-state index in [0.29, 0.717) is 10.7 Å². The molecule has 31 heavy (non-hydrogen) atoms. The van der Waals surface area contributed by atoms with Crippen molar-refractivity contribution in [2.45, 2.75) is 50.7 Å². The van der Waals surface area contributed by atoms with Gasteiger partial charge in [0.05, 0.1) is 4.88 Å². The number of nitrogens with one attached hydrogen (secondary N) is 4. The van der Waals surface area contributed by atoms with Gasteiger partial charge in [-0.3, -0.25) is 9.59 Å². The number of amides is 2. The first-order valence-corrected chi connectivity index (χ1v) is 12.0. The first-order valence-electron chi connectivity index (χ1n) is 10.8. The van der Waals surface area contributed by atoms with Crippen LogP contribution < -0.4 is 16.0 Å². The second-order valence-electron chi connectivity index (χ2n) is 8.34. The molecule has 2 unspecified atom stereocenters. The molecule has 0 spiro atoms. The average molecular weight is 457 g/mol. The van der Waals surface area contributed by atoms with Crippen LogP contribution in [0, 0.1) is 0 Å². The number of fused-ring (bicyclic) bond motifs is 2. The van der Waals surface area contributed by atoms with Crippen LogP contribution in [0.25, 0.3) is 10.9 Å². The molecule has 8 heteroatoms. The lowest BCUT2D eigenvalue weighted by Crippen LogP contribution is -2.53. The molecule has 3 heterocycles. The van der Waals surface area contributed by atoms with Crippen molar-refractivity contribution < 1.29 is 9.59 Å². The summed E-state index contributed by atoms with van der Waals surface area (Å²) in [5.41, 5.74) is 2.61. The van der Waals surface area contributed by atoms with Crippen molar-refractivity contribution in [3.05, 3.63) is 56.4 Å². The number of H-pyrrole nitrogens is 1. The summed E-state index contributed by atoms with van der Waals surface area (Å²) in [7, 11) is 0. The smallest absolute Gasteiger partial charge is 0.268 e. The fourth-order valence-corrected chi connectivity index (χ4v) is 5.82. The highest BCUT2D eigenvalue weighted by Crippen LogP contribution is 2.26. The summed E-state index contributed by atoms with van der Waals surface area (Å²) in [6.45, 7) is 1.79. The first-order chi connectivity index (χ1) is 15.1. The van der Waals surface area contributed by atoms with Crippen LogP contribution in [0.1, 0.15) is 56.3 Å². The Kier molecular flexibility index (Phi) is 5.73. The molecule has 6 nitrogen and oxygen atoms in total. The molecule has 0 saturated heterocycles. The fraction of sp³-hybridized carbons (Fsp3) is 0.391. The molecule has 1 fully saturated rings. The quantitative estimate of drug-likeness (QED) is 0.478. The monoisotopic (exact) mass is 456 g/mol. The average Bonchev–Trinajstić information content (AvgIpc) is 3.39. The summed E-state index contributed by atoms with van der Waals surface area (Å²) >= 11 is 7.65. The molecule has 4 N–H and O–H groups in total. The van der Waals surface area contributed by atoms with Crippen LogP contribution in [0.5, 0.6) is 0 Å². The highest BCUT2D eigenvalue weighted by Gasteiger charge is 2.29. The number of aromatic nitrogens is 1. The number of hydrogen-bond acceptors (Lipinski definition) is 4. The Hall–Kier alpha value is -2.35. The molecule has 2 aliphatic rings. The van der Waals surface area contributed by atoms with E-state index in [1.165, 1.54) is 10.4 Å². The molecule has 0 bridgehead atoms. The second-order valence-corrected chi connectivity index (χ2v) is 9.92. The van der Waals surface area contributed by atoms with Crippen LogP contribution >= 0.6 is 22.9 Å². The van der Waals surface area contributed by atoms with Gasteiger partial charge in [-0.2, -0.15) is 0 Å². The molecule has 2 amide bonds. The van der Waals surface area contributed by atoms with E-state index in [0.717, 1.165) is 61.0 Å². The van der Waals surface area contributed by atoms with Gasteiger partial charge in [0.25, 0.3) is 11.8 Å². The third-order valence-electron chi connectivity index (χ3n) is 6.19. The molecule has 2 atom stereocenters. The van der Waals surface area contributed by atoms with Crippen molar-refractivity contribution in [1.29, 1.82) is 0 Å². The highest BCUT2D eigenvalue weighted by molar-refractivity contribution is 7.14. The summed E-state index contributed by atoms with van der Waals surface area (Å²) < 4.78 is 0. The minimum Gasteiger partial charge on any atom is -0.351 e. The number of rotatable bonds is 4. The summed E-state index contributed by atoms with van der Waals surface area (Å²) in [5.74, 6) is -0.193. The third kappa shape index (κ3) is 4.35. The Bertz CT molecular complexity index is 1110. The number of benzene rings is 1. The van der Waals surface area contributed by atoms with Gasteiger partial charge in [0, 0.05) is 46.0 Å². The van der Waals surface area contributed by atoms with Crippen LogP contribution in [-0.4, -0.2) is 35.4 Å². The van der Waals surface area contributed by atoms with Crippen molar-refractivity contribution in [3.8, 4) is 0 Å². The zero-order valence-electron chi connectivity index (χ0n) is 17.1. The summed E-state index contributed by atoms with van der Waals surface area (Å²) in [4.78, 5) is 31.1.